The van der Waals surface area contributed by atoms with Crippen molar-refractivity contribution in [2.24, 2.45) is 4.99 Å². The summed E-state index contributed by atoms with van der Waals surface area (Å²) >= 11 is 1.38. The quantitative estimate of drug-likeness (QED) is 0.743. The molecule has 0 unspecified atom stereocenters. The SMILES string of the molecule is COc1ccc(N2C(=NC(=O)Cc3ccc(C)cc3)S[C@H]3CS(=O)(=O)C[C@H]32)cc1. The van der Waals surface area contributed by atoms with Crippen molar-refractivity contribution in [2.75, 3.05) is 23.5 Å². The van der Waals surface area contributed by atoms with Crippen molar-refractivity contribution in [3.63, 3.8) is 0 Å². The van der Waals surface area contributed by atoms with Crippen LogP contribution in [0.1, 0.15) is 11.1 Å². The van der Waals surface area contributed by atoms with Crippen molar-refractivity contribution < 1.29 is 17.9 Å². The summed E-state index contributed by atoms with van der Waals surface area (Å²) < 4.78 is 29.5. The number of amidine groups is 1. The number of thioether (sulfide) groups is 1. The third-order valence-electron chi connectivity index (χ3n) is 5.11. The number of anilines is 1. The number of hydrogen-bond acceptors (Lipinski definition) is 5. The van der Waals surface area contributed by atoms with Gasteiger partial charge in [0.1, 0.15) is 5.75 Å². The van der Waals surface area contributed by atoms with E-state index in [9.17, 15) is 13.2 Å². The fourth-order valence-corrected chi connectivity index (χ4v) is 7.57. The van der Waals surface area contributed by atoms with Gasteiger partial charge in [-0.25, -0.2) is 8.42 Å². The first kappa shape index (κ1) is 20.0. The van der Waals surface area contributed by atoms with Gasteiger partial charge in [-0.1, -0.05) is 41.6 Å². The number of benzene rings is 2. The van der Waals surface area contributed by atoms with E-state index in [1.54, 1.807) is 7.11 Å². The van der Waals surface area contributed by atoms with Crippen LogP contribution in [-0.4, -0.2) is 49.4 Å². The molecule has 0 bridgehead atoms. The highest BCUT2D eigenvalue weighted by molar-refractivity contribution is 8.16. The molecule has 0 N–H and O–H groups in total. The summed E-state index contributed by atoms with van der Waals surface area (Å²) in [6.45, 7) is 2.00. The second kappa shape index (κ2) is 7.84. The van der Waals surface area contributed by atoms with Crippen LogP contribution in [0.5, 0.6) is 5.75 Å². The molecule has 2 fully saturated rings. The van der Waals surface area contributed by atoms with Crippen LogP contribution in [0.2, 0.25) is 0 Å². The predicted molar refractivity (Wildman–Crippen MR) is 117 cm³/mol. The second-order valence-corrected chi connectivity index (χ2v) is 10.7. The van der Waals surface area contributed by atoms with Gasteiger partial charge >= 0.3 is 0 Å². The Morgan fingerprint density at radius 2 is 1.83 bits per heavy atom. The van der Waals surface area contributed by atoms with E-state index >= 15 is 0 Å². The van der Waals surface area contributed by atoms with Gasteiger partial charge in [0, 0.05) is 10.9 Å². The minimum atomic E-state index is -3.09. The van der Waals surface area contributed by atoms with Crippen LogP contribution < -0.4 is 9.64 Å². The summed E-state index contributed by atoms with van der Waals surface area (Å²) in [5.41, 5.74) is 2.86. The van der Waals surface area contributed by atoms with Gasteiger partial charge in [-0.3, -0.25) is 4.79 Å². The zero-order chi connectivity index (χ0) is 20.6. The van der Waals surface area contributed by atoms with Gasteiger partial charge in [0.05, 0.1) is 31.1 Å². The summed E-state index contributed by atoms with van der Waals surface area (Å²) in [6.07, 6.45) is 0.217. The molecule has 2 aliphatic rings. The molecule has 2 saturated heterocycles. The maximum absolute atomic E-state index is 12.6. The van der Waals surface area contributed by atoms with E-state index in [0.717, 1.165) is 16.8 Å². The highest BCUT2D eigenvalue weighted by atomic mass is 32.2. The van der Waals surface area contributed by atoms with Crippen LogP contribution in [0, 0.1) is 6.92 Å². The second-order valence-electron chi connectivity index (χ2n) is 7.32. The number of nitrogens with zero attached hydrogens (tertiary/aromatic N) is 2. The standard InChI is InChI=1S/C21H22N2O4S2/c1-14-3-5-15(6-4-14)11-20(24)22-21-23(16-7-9-17(27-2)10-8-16)18-12-29(25,26)13-19(18)28-21/h3-10,18-19H,11-13H2,1-2H3/t18-,19+/m1/s1. The van der Waals surface area contributed by atoms with Crippen molar-refractivity contribution in [2.45, 2.75) is 24.6 Å². The van der Waals surface area contributed by atoms with Crippen LogP contribution in [-0.2, 0) is 21.1 Å². The number of ether oxygens (including phenoxy) is 1. The number of hydrogen-bond donors (Lipinski definition) is 0. The Hall–Kier alpha value is -2.32. The van der Waals surface area contributed by atoms with Crippen LogP contribution in [0.4, 0.5) is 5.69 Å². The fourth-order valence-electron chi connectivity index (χ4n) is 3.64. The normalized spacial score (nSPS) is 23.9. The highest BCUT2D eigenvalue weighted by Crippen LogP contribution is 2.41. The maximum Gasteiger partial charge on any atom is 0.252 e. The fraction of sp³-hybridized carbons (Fsp3) is 0.333. The molecule has 0 radical (unpaired) electrons. The molecule has 0 aliphatic carbocycles. The van der Waals surface area contributed by atoms with Crippen molar-refractivity contribution in [1.29, 1.82) is 0 Å². The zero-order valence-electron chi connectivity index (χ0n) is 16.2. The number of carbonyl (C=O) groups is 1. The number of rotatable bonds is 4. The Labute approximate surface area is 174 Å². The largest absolute Gasteiger partial charge is 0.497 e. The first-order valence-corrected chi connectivity index (χ1v) is 12.0. The lowest BCUT2D eigenvalue weighted by atomic mass is 10.1. The summed E-state index contributed by atoms with van der Waals surface area (Å²) in [5.74, 6) is 0.657. The van der Waals surface area contributed by atoms with Crippen LogP contribution >= 0.6 is 11.8 Å². The molecule has 0 aromatic heterocycles. The number of methoxy groups -OCH3 is 1. The molecule has 2 aromatic rings. The van der Waals surface area contributed by atoms with E-state index in [-0.39, 0.29) is 35.1 Å². The smallest absolute Gasteiger partial charge is 0.252 e. The lowest BCUT2D eigenvalue weighted by Gasteiger charge is -2.24. The Bertz CT molecular complexity index is 1050. The number of aliphatic imine (C=N–C) groups is 1. The molecule has 29 heavy (non-hydrogen) atoms. The van der Waals surface area contributed by atoms with E-state index in [1.807, 2.05) is 60.4 Å². The van der Waals surface area contributed by atoms with Gasteiger partial charge < -0.3 is 9.64 Å². The summed E-state index contributed by atoms with van der Waals surface area (Å²) in [4.78, 5) is 18.9. The molecule has 2 aliphatic heterocycles. The zero-order valence-corrected chi connectivity index (χ0v) is 17.9. The molecule has 2 aromatic carbocycles. The van der Waals surface area contributed by atoms with Crippen molar-refractivity contribution >= 4 is 38.4 Å². The summed E-state index contributed by atoms with van der Waals surface area (Å²) in [7, 11) is -1.50. The third kappa shape index (κ3) is 4.33. The number of fused-ring (bicyclic) bond motifs is 1. The predicted octanol–water partition coefficient (Wildman–Crippen LogP) is 2.85. The lowest BCUT2D eigenvalue weighted by molar-refractivity contribution is -0.117. The van der Waals surface area contributed by atoms with Gasteiger partial charge in [-0.05, 0) is 36.8 Å². The average molecular weight is 431 g/mol. The van der Waals surface area contributed by atoms with Gasteiger partial charge in [0.25, 0.3) is 5.91 Å². The van der Waals surface area contributed by atoms with Crippen LogP contribution in [0.3, 0.4) is 0 Å². The number of amides is 1. The van der Waals surface area contributed by atoms with Crippen LogP contribution in [0.25, 0.3) is 0 Å². The van der Waals surface area contributed by atoms with Crippen LogP contribution in [0.15, 0.2) is 53.5 Å². The first-order valence-electron chi connectivity index (χ1n) is 9.32. The molecule has 2 heterocycles. The summed E-state index contributed by atoms with van der Waals surface area (Å²) in [5, 5.41) is 0.449. The number of carbonyl (C=O) groups excluding carboxylic acids is 1. The molecular formula is C21H22N2O4S2. The van der Waals surface area contributed by atoms with Gasteiger partial charge in [-0.2, -0.15) is 4.99 Å². The molecule has 0 spiro atoms. The third-order valence-corrected chi connectivity index (χ3v) is 8.32. The highest BCUT2D eigenvalue weighted by Gasteiger charge is 2.49. The Morgan fingerprint density at radius 3 is 2.48 bits per heavy atom. The van der Waals surface area contributed by atoms with E-state index < -0.39 is 9.84 Å². The number of aryl methyl sites for hydroxylation is 1. The van der Waals surface area contributed by atoms with Crippen molar-refractivity contribution in [1.82, 2.24) is 0 Å². The Balaban J connectivity index is 1.62. The maximum atomic E-state index is 12.6. The molecule has 1 amide bonds. The first-order chi connectivity index (χ1) is 13.8. The summed E-state index contributed by atoms with van der Waals surface area (Å²) in [6, 6.07) is 15.0. The van der Waals surface area contributed by atoms with E-state index in [2.05, 4.69) is 4.99 Å². The monoisotopic (exact) mass is 430 g/mol. The molecule has 8 heteroatoms. The molecular weight excluding hydrogens is 408 g/mol. The molecule has 152 valence electrons. The van der Waals surface area contributed by atoms with Gasteiger partial charge in [-0.15, -0.1) is 0 Å². The Kier molecular flexibility index (Phi) is 5.40. The van der Waals surface area contributed by atoms with Gasteiger partial charge in [0.2, 0.25) is 0 Å². The van der Waals surface area contributed by atoms with Crippen molar-refractivity contribution in [3.05, 3.63) is 59.7 Å². The Morgan fingerprint density at radius 1 is 1.14 bits per heavy atom. The molecule has 0 saturated carbocycles. The lowest BCUT2D eigenvalue weighted by Crippen LogP contribution is -2.37. The van der Waals surface area contributed by atoms with E-state index in [4.69, 9.17) is 4.74 Å². The molecule has 4 rings (SSSR count). The number of sulfone groups is 1. The van der Waals surface area contributed by atoms with Gasteiger partial charge in [0.15, 0.2) is 15.0 Å². The topological polar surface area (TPSA) is 76.0 Å². The molecule has 2 atom stereocenters. The average Bonchev–Trinajstić information content (AvgIpc) is 3.14. The van der Waals surface area contributed by atoms with E-state index in [0.29, 0.717) is 10.9 Å². The van der Waals surface area contributed by atoms with Crippen molar-refractivity contribution in [3.8, 4) is 5.75 Å². The molecule has 6 nitrogen and oxygen atoms in total. The minimum absolute atomic E-state index is 0.0713. The minimum Gasteiger partial charge on any atom is -0.497 e. The van der Waals surface area contributed by atoms with E-state index in [1.165, 1.54) is 11.8 Å².